The van der Waals surface area contributed by atoms with Crippen molar-refractivity contribution in [1.29, 1.82) is 0 Å². The molecule has 0 saturated carbocycles. The summed E-state index contributed by atoms with van der Waals surface area (Å²) in [4.78, 5) is 40.7. The second kappa shape index (κ2) is 16.4. The van der Waals surface area contributed by atoms with Crippen molar-refractivity contribution in [3.63, 3.8) is 0 Å². The molecule has 238 valence electrons. The first-order chi connectivity index (χ1) is 22.2. The quantitative estimate of drug-likeness (QED) is 0.102. The molecule has 4 aromatic carbocycles. The van der Waals surface area contributed by atoms with Gasteiger partial charge in [0.1, 0.15) is 22.9 Å². The molecule has 0 bridgehead atoms. The molecule has 0 aliphatic carbocycles. The summed E-state index contributed by atoms with van der Waals surface area (Å²) in [7, 11) is 4.57. The molecule has 3 amide bonds. The Kier molecular flexibility index (Phi) is 12.1. The van der Waals surface area contributed by atoms with Crippen LogP contribution in [0.25, 0.3) is 6.08 Å². The number of thioether (sulfide) groups is 1. The van der Waals surface area contributed by atoms with E-state index in [0.29, 0.717) is 51.2 Å². The number of methoxy groups -OCH3 is 3. The van der Waals surface area contributed by atoms with E-state index in [0.717, 1.165) is 4.90 Å². The Morgan fingerprint density at radius 1 is 0.826 bits per heavy atom. The van der Waals surface area contributed by atoms with E-state index in [-0.39, 0.29) is 11.6 Å². The highest BCUT2D eigenvalue weighted by molar-refractivity contribution is 8.00. The van der Waals surface area contributed by atoms with Crippen molar-refractivity contribution in [3.05, 3.63) is 113 Å². The lowest BCUT2D eigenvalue weighted by atomic mass is 10.1. The Morgan fingerprint density at radius 2 is 1.57 bits per heavy atom. The smallest absolute Gasteiger partial charge is 0.272 e. The lowest BCUT2D eigenvalue weighted by molar-refractivity contribution is -0.116. The van der Waals surface area contributed by atoms with Crippen molar-refractivity contribution in [2.45, 2.75) is 23.5 Å². The molecule has 0 aromatic heterocycles. The second-order valence-electron chi connectivity index (χ2n) is 9.82. The van der Waals surface area contributed by atoms with Crippen LogP contribution in [0.2, 0.25) is 5.02 Å². The molecule has 4 aromatic rings. The fourth-order valence-corrected chi connectivity index (χ4v) is 5.56. The molecule has 0 aliphatic heterocycles. The van der Waals surface area contributed by atoms with Gasteiger partial charge < -0.3 is 30.2 Å². The molecule has 0 saturated heterocycles. The number of ether oxygens (including phenoxy) is 3. The molecule has 0 aliphatic rings. The highest BCUT2D eigenvalue weighted by Crippen LogP contribution is 2.32. The fourth-order valence-electron chi connectivity index (χ4n) is 4.37. The molecule has 11 heteroatoms. The number of carbonyl (C=O) groups is 3. The summed E-state index contributed by atoms with van der Waals surface area (Å²) < 4.78 is 16.2. The topological polar surface area (TPSA) is 115 Å². The highest BCUT2D eigenvalue weighted by Gasteiger charge is 2.21. The van der Waals surface area contributed by atoms with E-state index < -0.39 is 17.1 Å². The second-order valence-corrected chi connectivity index (χ2v) is 11.5. The van der Waals surface area contributed by atoms with Crippen molar-refractivity contribution < 1.29 is 28.6 Å². The normalized spacial score (nSPS) is 11.6. The monoisotopic (exact) mass is 659 g/mol. The van der Waals surface area contributed by atoms with Gasteiger partial charge in [-0.1, -0.05) is 42.8 Å². The van der Waals surface area contributed by atoms with E-state index in [2.05, 4.69) is 16.0 Å². The van der Waals surface area contributed by atoms with Crippen molar-refractivity contribution in [2.75, 3.05) is 32.0 Å². The van der Waals surface area contributed by atoms with Gasteiger partial charge >= 0.3 is 0 Å². The van der Waals surface area contributed by atoms with Gasteiger partial charge in [0.05, 0.1) is 32.3 Å². The van der Waals surface area contributed by atoms with Crippen LogP contribution in [0, 0.1) is 0 Å². The van der Waals surface area contributed by atoms with Gasteiger partial charge in [-0.2, -0.15) is 0 Å². The number of amides is 3. The minimum absolute atomic E-state index is 0.0141. The van der Waals surface area contributed by atoms with Crippen molar-refractivity contribution in [1.82, 2.24) is 5.32 Å². The standard InChI is InChI=1S/C35H34ClN3O6S/c1-5-32(35(42)38-28-20-24(36)14-16-31(28)45-4)46-27-13-9-12-25(21-27)37-34(41)29(39-33(40)22-10-7-6-8-11-22)19-23-18-26(43-2)15-17-30(23)44-3/h6-21,32H,5H2,1-4H3,(H,37,41)(H,38,42)(H,39,40)/b29-19+. The van der Waals surface area contributed by atoms with E-state index in [1.165, 1.54) is 39.2 Å². The molecule has 4 rings (SSSR count). The summed E-state index contributed by atoms with van der Waals surface area (Å²) >= 11 is 7.48. The van der Waals surface area contributed by atoms with Gasteiger partial charge in [0, 0.05) is 26.7 Å². The first-order valence-electron chi connectivity index (χ1n) is 14.3. The summed E-state index contributed by atoms with van der Waals surface area (Å²) in [5.74, 6) is 0.295. The number of benzene rings is 4. The molecule has 1 atom stereocenters. The average Bonchev–Trinajstić information content (AvgIpc) is 3.07. The van der Waals surface area contributed by atoms with E-state index in [9.17, 15) is 14.4 Å². The van der Waals surface area contributed by atoms with E-state index in [1.54, 1.807) is 84.9 Å². The number of anilines is 2. The Bertz CT molecular complexity index is 1730. The Labute approximate surface area is 277 Å². The molecule has 0 heterocycles. The molecule has 0 fully saturated rings. The van der Waals surface area contributed by atoms with Crippen LogP contribution in [0.1, 0.15) is 29.3 Å². The van der Waals surface area contributed by atoms with Crippen LogP contribution in [0.15, 0.2) is 102 Å². The SMILES string of the molecule is CCC(Sc1cccc(NC(=O)/C(=C\c2cc(OC)ccc2OC)NC(=O)c2ccccc2)c1)C(=O)Nc1cc(Cl)ccc1OC. The summed E-state index contributed by atoms with van der Waals surface area (Å²) in [5, 5.41) is 8.53. The van der Waals surface area contributed by atoms with Crippen molar-refractivity contribution in [3.8, 4) is 17.2 Å². The van der Waals surface area contributed by atoms with Crippen LogP contribution in [0.3, 0.4) is 0 Å². The number of carbonyl (C=O) groups excluding carboxylic acids is 3. The van der Waals surface area contributed by atoms with Gasteiger partial charge in [-0.05, 0) is 79.2 Å². The van der Waals surface area contributed by atoms with Crippen LogP contribution >= 0.6 is 23.4 Å². The van der Waals surface area contributed by atoms with Gasteiger partial charge in [-0.3, -0.25) is 14.4 Å². The van der Waals surface area contributed by atoms with Crippen LogP contribution in [0.5, 0.6) is 17.2 Å². The predicted molar refractivity (Wildman–Crippen MR) is 183 cm³/mol. The zero-order valence-electron chi connectivity index (χ0n) is 25.8. The number of rotatable bonds is 13. The Hall–Kier alpha value is -4.93. The largest absolute Gasteiger partial charge is 0.497 e. The molecule has 9 nitrogen and oxygen atoms in total. The van der Waals surface area contributed by atoms with Gasteiger partial charge in [0.25, 0.3) is 11.8 Å². The molecule has 3 N–H and O–H groups in total. The molecule has 1 unspecified atom stereocenters. The minimum atomic E-state index is -0.561. The zero-order valence-corrected chi connectivity index (χ0v) is 27.3. The van der Waals surface area contributed by atoms with Crippen molar-refractivity contribution in [2.24, 2.45) is 0 Å². The number of hydrogen-bond acceptors (Lipinski definition) is 7. The van der Waals surface area contributed by atoms with Crippen LogP contribution < -0.4 is 30.2 Å². The summed E-state index contributed by atoms with van der Waals surface area (Å²) in [5.41, 5.74) is 1.85. The Balaban J connectivity index is 1.56. The van der Waals surface area contributed by atoms with Gasteiger partial charge in [-0.25, -0.2) is 0 Å². The predicted octanol–water partition coefficient (Wildman–Crippen LogP) is 7.28. The Morgan fingerprint density at radius 3 is 2.26 bits per heavy atom. The molecule has 0 spiro atoms. The van der Waals surface area contributed by atoms with Crippen molar-refractivity contribution >= 4 is 58.5 Å². The lowest BCUT2D eigenvalue weighted by Crippen LogP contribution is -2.30. The lowest BCUT2D eigenvalue weighted by Gasteiger charge is -2.17. The van der Waals surface area contributed by atoms with Crippen LogP contribution in [-0.4, -0.2) is 44.3 Å². The minimum Gasteiger partial charge on any atom is -0.497 e. The summed E-state index contributed by atoms with van der Waals surface area (Å²) in [6.45, 7) is 1.91. The van der Waals surface area contributed by atoms with Gasteiger partial charge in [-0.15, -0.1) is 11.8 Å². The average molecular weight is 660 g/mol. The molecular formula is C35H34ClN3O6S. The van der Waals surface area contributed by atoms with E-state index >= 15 is 0 Å². The number of nitrogens with one attached hydrogen (secondary N) is 3. The zero-order chi connectivity index (χ0) is 33.1. The number of halogens is 1. The maximum atomic E-state index is 13.7. The summed E-state index contributed by atoms with van der Waals surface area (Å²) in [6, 6.07) is 25.9. The van der Waals surface area contributed by atoms with Gasteiger partial charge in [0.15, 0.2) is 0 Å². The third-order valence-corrected chi connectivity index (χ3v) is 8.31. The van der Waals surface area contributed by atoms with E-state index in [4.69, 9.17) is 25.8 Å². The van der Waals surface area contributed by atoms with E-state index in [1.807, 2.05) is 13.0 Å². The van der Waals surface area contributed by atoms with Crippen LogP contribution in [-0.2, 0) is 9.59 Å². The van der Waals surface area contributed by atoms with Gasteiger partial charge in [0.2, 0.25) is 5.91 Å². The highest BCUT2D eigenvalue weighted by atomic mass is 35.5. The maximum Gasteiger partial charge on any atom is 0.272 e. The fraction of sp³-hybridized carbons (Fsp3) is 0.171. The first-order valence-corrected chi connectivity index (χ1v) is 15.5. The number of hydrogen-bond donors (Lipinski definition) is 3. The molecular weight excluding hydrogens is 626 g/mol. The van der Waals surface area contributed by atoms with Crippen LogP contribution in [0.4, 0.5) is 11.4 Å². The third-order valence-electron chi connectivity index (χ3n) is 6.72. The molecule has 46 heavy (non-hydrogen) atoms. The molecule has 0 radical (unpaired) electrons. The third kappa shape index (κ3) is 9.06. The summed E-state index contributed by atoms with van der Waals surface area (Å²) in [6.07, 6.45) is 2.06. The maximum absolute atomic E-state index is 13.7. The first kappa shape index (κ1) is 34.0.